The summed E-state index contributed by atoms with van der Waals surface area (Å²) >= 11 is 0. The van der Waals surface area contributed by atoms with Crippen LogP contribution in [0.5, 0.6) is 0 Å². The van der Waals surface area contributed by atoms with E-state index in [-0.39, 0.29) is 6.04 Å². The Balaban J connectivity index is 2.04. The molecule has 2 rings (SSSR count). The zero-order valence-electron chi connectivity index (χ0n) is 11.1. The quantitative estimate of drug-likeness (QED) is 0.921. The van der Waals surface area contributed by atoms with Crippen molar-refractivity contribution in [2.75, 3.05) is 0 Å². The monoisotopic (exact) mass is 266 g/mol. The second-order valence-corrected chi connectivity index (χ2v) is 4.52. The highest BCUT2D eigenvalue weighted by Crippen LogP contribution is 2.18. The molecule has 1 unspecified atom stereocenters. The Kier molecular flexibility index (Phi) is 3.95. The molecule has 19 heavy (non-hydrogen) atoms. The maximum Gasteiger partial charge on any atom is 0.208 e. The minimum absolute atomic E-state index is 0.292. The van der Waals surface area contributed by atoms with E-state index in [1.807, 2.05) is 13.8 Å². The van der Waals surface area contributed by atoms with Crippen LogP contribution in [0.4, 0.5) is 8.78 Å². The first-order valence-electron chi connectivity index (χ1n) is 6.08. The summed E-state index contributed by atoms with van der Waals surface area (Å²) in [5, 5.41) is 3.06. The third kappa shape index (κ3) is 3.17. The number of aromatic nitrogens is 1. The Labute approximate surface area is 110 Å². The SMILES string of the molecule is Cc1nc(CNC(C)c2cc(F)ccc2F)oc1C. The molecule has 0 saturated heterocycles. The lowest BCUT2D eigenvalue weighted by Crippen LogP contribution is -2.19. The topological polar surface area (TPSA) is 38.1 Å². The second kappa shape index (κ2) is 5.48. The molecule has 0 radical (unpaired) electrons. The van der Waals surface area contributed by atoms with Gasteiger partial charge in [-0.1, -0.05) is 0 Å². The summed E-state index contributed by atoms with van der Waals surface area (Å²) in [6.07, 6.45) is 0. The Hall–Kier alpha value is -1.75. The van der Waals surface area contributed by atoms with Crippen LogP contribution in [-0.2, 0) is 6.54 Å². The predicted octanol–water partition coefficient (Wildman–Crippen LogP) is 3.42. The van der Waals surface area contributed by atoms with E-state index in [1.54, 1.807) is 6.92 Å². The van der Waals surface area contributed by atoms with Crippen molar-refractivity contribution in [2.45, 2.75) is 33.4 Å². The first kappa shape index (κ1) is 13.7. The van der Waals surface area contributed by atoms with Gasteiger partial charge >= 0.3 is 0 Å². The van der Waals surface area contributed by atoms with Gasteiger partial charge < -0.3 is 9.73 Å². The molecule has 1 aromatic carbocycles. The fourth-order valence-electron chi connectivity index (χ4n) is 1.81. The van der Waals surface area contributed by atoms with Crippen molar-refractivity contribution in [1.29, 1.82) is 0 Å². The molecule has 102 valence electrons. The summed E-state index contributed by atoms with van der Waals surface area (Å²) in [6, 6.07) is 3.09. The van der Waals surface area contributed by atoms with E-state index >= 15 is 0 Å². The van der Waals surface area contributed by atoms with Gasteiger partial charge in [0.1, 0.15) is 17.4 Å². The number of benzene rings is 1. The van der Waals surface area contributed by atoms with E-state index in [4.69, 9.17) is 4.42 Å². The summed E-state index contributed by atoms with van der Waals surface area (Å²) in [4.78, 5) is 4.22. The van der Waals surface area contributed by atoms with Crippen molar-refractivity contribution in [3.05, 3.63) is 52.7 Å². The predicted molar refractivity (Wildman–Crippen MR) is 67.6 cm³/mol. The van der Waals surface area contributed by atoms with Crippen LogP contribution in [0.2, 0.25) is 0 Å². The lowest BCUT2D eigenvalue weighted by molar-refractivity contribution is 0.426. The van der Waals surface area contributed by atoms with Gasteiger partial charge in [0.2, 0.25) is 5.89 Å². The fraction of sp³-hybridized carbons (Fsp3) is 0.357. The lowest BCUT2D eigenvalue weighted by atomic mass is 10.1. The number of halogens is 2. The van der Waals surface area contributed by atoms with E-state index in [0.717, 1.165) is 23.6 Å². The molecule has 1 aromatic heterocycles. The normalized spacial score (nSPS) is 12.7. The molecule has 0 saturated carbocycles. The van der Waals surface area contributed by atoms with E-state index in [0.29, 0.717) is 18.0 Å². The standard InChI is InChI=1S/C14H16F2N2O/c1-8-10(3)19-14(18-8)7-17-9(2)12-6-11(15)4-5-13(12)16/h4-6,9,17H,7H2,1-3H3. The molecule has 1 N–H and O–H groups in total. The number of hydrogen-bond acceptors (Lipinski definition) is 3. The molecule has 5 heteroatoms. The van der Waals surface area contributed by atoms with Crippen LogP contribution in [0.3, 0.4) is 0 Å². The Bertz CT molecular complexity index is 561. The first-order valence-corrected chi connectivity index (χ1v) is 6.08. The second-order valence-electron chi connectivity index (χ2n) is 4.52. The van der Waals surface area contributed by atoms with Crippen molar-refractivity contribution in [2.24, 2.45) is 0 Å². The summed E-state index contributed by atoms with van der Waals surface area (Å²) < 4.78 is 32.1. The van der Waals surface area contributed by atoms with Gasteiger partial charge in [0.05, 0.1) is 12.2 Å². The molecule has 0 aliphatic heterocycles. The number of hydrogen-bond donors (Lipinski definition) is 1. The molecular formula is C14H16F2N2O. The summed E-state index contributed by atoms with van der Waals surface area (Å²) in [5.41, 5.74) is 1.13. The van der Waals surface area contributed by atoms with Crippen LogP contribution in [0.15, 0.2) is 22.6 Å². The fourth-order valence-corrected chi connectivity index (χ4v) is 1.81. The zero-order chi connectivity index (χ0) is 14.0. The smallest absolute Gasteiger partial charge is 0.208 e. The largest absolute Gasteiger partial charge is 0.444 e. The number of rotatable bonds is 4. The maximum absolute atomic E-state index is 13.6. The van der Waals surface area contributed by atoms with Gasteiger partial charge in [-0.2, -0.15) is 0 Å². The van der Waals surface area contributed by atoms with Gasteiger partial charge in [0.25, 0.3) is 0 Å². The number of aryl methyl sites for hydroxylation is 2. The van der Waals surface area contributed by atoms with Crippen molar-refractivity contribution >= 4 is 0 Å². The summed E-state index contributed by atoms with van der Waals surface area (Å²) in [5.74, 6) is 0.425. The number of nitrogens with one attached hydrogen (secondary N) is 1. The Morgan fingerprint density at radius 1 is 1.32 bits per heavy atom. The molecule has 1 heterocycles. The lowest BCUT2D eigenvalue weighted by Gasteiger charge is -2.13. The summed E-state index contributed by atoms with van der Waals surface area (Å²) in [7, 11) is 0. The van der Waals surface area contributed by atoms with Crippen LogP contribution in [0.25, 0.3) is 0 Å². The molecule has 0 spiro atoms. The molecule has 3 nitrogen and oxygen atoms in total. The van der Waals surface area contributed by atoms with Crippen LogP contribution >= 0.6 is 0 Å². The van der Waals surface area contributed by atoms with Crippen LogP contribution in [0, 0.1) is 25.5 Å². The number of nitrogens with zero attached hydrogens (tertiary/aromatic N) is 1. The Morgan fingerprint density at radius 2 is 2.05 bits per heavy atom. The number of oxazole rings is 1. The molecule has 0 fully saturated rings. The van der Waals surface area contributed by atoms with Crippen LogP contribution < -0.4 is 5.32 Å². The zero-order valence-corrected chi connectivity index (χ0v) is 11.1. The Morgan fingerprint density at radius 3 is 2.68 bits per heavy atom. The van der Waals surface area contributed by atoms with E-state index in [2.05, 4.69) is 10.3 Å². The highest BCUT2D eigenvalue weighted by atomic mass is 19.1. The van der Waals surface area contributed by atoms with Gasteiger partial charge in [0.15, 0.2) is 0 Å². The van der Waals surface area contributed by atoms with Gasteiger partial charge in [-0.15, -0.1) is 0 Å². The van der Waals surface area contributed by atoms with Gasteiger partial charge in [0, 0.05) is 11.6 Å². The minimum Gasteiger partial charge on any atom is -0.444 e. The highest BCUT2D eigenvalue weighted by molar-refractivity contribution is 5.21. The maximum atomic E-state index is 13.6. The third-order valence-electron chi connectivity index (χ3n) is 3.06. The molecule has 2 aromatic rings. The van der Waals surface area contributed by atoms with Gasteiger partial charge in [-0.3, -0.25) is 0 Å². The first-order chi connectivity index (χ1) is 8.97. The minimum atomic E-state index is -0.451. The van der Waals surface area contributed by atoms with E-state index in [9.17, 15) is 8.78 Å². The molecule has 0 bridgehead atoms. The molecule has 1 atom stereocenters. The van der Waals surface area contributed by atoms with Gasteiger partial charge in [-0.25, -0.2) is 13.8 Å². The summed E-state index contributed by atoms with van der Waals surface area (Å²) in [6.45, 7) is 5.83. The van der Waals surface area contributed by atoms with Crippen LogP contribution in [-0.4, -0.2) is 4.98 Å². The van der Waals surface area contributed by atoms with E-state index in [1.165, 1.54) is 6.07 Å². The van der Waals surface area contributed by atoms with E-state index < -0.39 is 11.6 Å². The van der Waals surface area contributed by atoms with Crippen molar-refractivity contribution in [3.63, 3.8) is 0 Å². The highest BCUT2D eigenvalue weighted by Gasteiger charge is 2.13. The third-order valence-corrected chi connectivity index (χ3v) is 3.06. The molecular weight excluding hydrogens is 250 g/mol. The molecule has 0 aliphatic carbocycles. The molecule has 0 amide bonds. The van der Waals surface area contributed by atoms with Gasteiger partial charge in [-0.05, 0) is 39.0 Å². The van der Waals surface area contributed by atoms with Crippen molar-refractivity contribution in [3.8, 4) is 0 Å². The average molecular weight is 266 g/mol. The van der Waals surface area contributed by atoms with Crippen molar-refractivity contribution in [1.82, 2.24) is 10.3 Å². The average Bonchev–Trinajstić information content (AvgIpc) is 2.69. The molecule has 0 aliphatic rings. The van der Waals surface area contributed by atoms with Crippen LogP contribution in [0.1, 0.15) is 35.9 Å². The van der Waals surface area contributed by atoms with Crippen molar-refractivity contribution < 1.29 is 13.2 Å².